The van der Waals surface area contributed by atoms with Gasteiger partial charge in [0.2, 0.25) is 5.91 Å². The van der Waals surface area contributed by atoms with Crippen LogP contribution in [-0.4, -0.2) is 61.2 Å². The van der Waals surface area contributed by atoms with Crippen LogP contribution in [0.5, 0.6) is 0 Å². The maximum Gasteiger partial charge on any atom is 1.00 e. The molecule has 1 aromatic rings. The first-order chi connectivity index (χ1) is 10.6. The van der Waals surface area contributed by atoms with E-state index in [1.165, 1.54) is 6.20 Å². The quantitative estimate of drug-likeness (QED) is 0.531. The smallest absolute Gasteiger partial charge is 0.545 e. The Balaban J connectivity index is 0.00000192. The molecule has 2 aliphatic heterocycles. The number of anilines is 1. The molecule has 3 rings (SSSR count). The molecule has 2 saturated heterocycles. The number of carboxylic acids is 1. The molecule has 23 heavy (non-hydrogen) atoms. The number of hydrogen-bond donors (Lipinski definition) is 0. The fourth-order valence-corrected chi connectivity index (χ4v) is 2.88. The number of amides is 1. The van der Waals surface area contributed by atoms with E-state index < -0.39 is 5.97 Å². The summed E-state index contributed by atoms with van der Waals surface area (Å²) in [6, 6.07) is 1.56. The summed E-state index contributed by atoms with van der Waals surface area (Å²) in [4.78, 5) is 31.0. The molecule has 0 saturated carbocycles. The number of aromatic nitrogens is 1. The van der Waals surface area contributed by atoms with Gasteiger partial charge in [-0.1, -0.05) is 0 Å². The first-order valence-electron chi connectivity index (χ1n) is 7.43. The van der Waals surface area contributed by atoms with Crippen molar-refractivity contribution in [2.45, 2.75) is 6.42 Å². The number of ether oxygens (including phenoxy) is 1. The molecule has 0 bridgehead atoms. The first kappa shape index (κ1) is 17.8. The predicted molar refractivity (Wildman–Crippen MR) is 76.3 cm³/mol. The zero-order valence-electron chi connectivity index (χ0n) is 13.2. The van der Waals surface area contributed by atoms with Crippen LogP contribution in [0, 0.1) is 5.92 Å². The van der Waals surface area contributed by atoms with Crippen molar-refractivity contribution in [2.24, 2.45) is 5.92 Å². The second kappa shape index (κ2) is 7.82. The Morgan fingerprint density at radius 3 is 2.57 bits per heavy atom. The van der Waals surface area contributed by atoms with Gasteiger partial charge in [-0.2, -0.15) is 0 Å². The van der Waals surface area contributed by atoms with Gasteiger partial charge in [-0.05, 0) is 12.5 Å². The SMILES string of the molecule is O=C([O-])c1cncc(N2CCN(C(=O)C3CCOC3)CC2)c1.[Li+]. The number of rotatable bonds is 3. The number of carbonyl (C=O) groups is 2. The van der Waals surface area contributed by atoms with Gasteiger partial charge in [0, 0.05) is 44.5 Å². The van der Waals surface area contributed by atoms with Gasteiger partial charge in [0.05, 0.1) is 30.4 Å². The van der Waals surface area contributed by atoms with Crippen LogP contribution in [0.2, 0.25) is 0 Å². The molecule has 0 spiro atoms. The van der Waals surface area contributed by atoms with Crippen LogP contribution in [0.1, 0.15) is 16.8 Å². The van der Waals surface area contributed by atoms with Gasteiger partial charge >= 0.3 is 18.9 Å². The van der Waals surface area contributed by atoms with E-state index in [1.54, 1.807) is 12.3 Å². The van der Waals surface area contributed by atoms with Crippen molar-refractivity contribution >= 4 is 17.6 Å². The summed E-state index contributed by atoms with van der Waals surface area (Å²) in [5, 5.41) is 10.9. The summed E-state index contributed by atoms with van der Waals surface area (Å²) in [7, 11) is 0. The Morgan fingerprint density at radius 2 is 1.96 bits per heavy atom. The second-order valence-corrected chi connectivity index (χ2v) is 5.59. The van der Waals surface area contributed by atoms with E-state index >= 15 is 0 Å². The van der Waals surface area contributed by atoms with E-state index in [0.717, 1.165) is 12.1 Å². The van der Waals surface area contributed by atoms with Crippen molar-refractivity contribution < 1.29 is 38.3 Å². The maximum atomic E-state index is 12.3. The van der Waals surface area contributed by atoms with Gasteiger partial charge in [-0.25, -0.2) is 0 Å². The molecule has 1 amide bonds. The minimum atomic E-state index is -1.23. The molecule has 2 aliphatic rings. The third-order valence-corrected chi connectivity index (χ3v) is 4.19. The Kier molecular flexibility index (Phi) is 6.05. The summed E-state index contributed by atoms with van der Waals surface area (Å²) < 4.78 is 5.27. The van der Waals surface area contributed by atoms with E-state index in [2.05, 4.69) is 4.98 Å². The fourth-order valence-electron chi connectivity index (χ4n) is 2.88. The molecule has 0 aliphatic carbocycles. The van der Waals surface area contributed by atoms with E-state index in [4.69, 9.17) is 4.74 Å². The minimum Gasteiger partial charge on any atom is -0.545 e. The van der Waals surface area contributed by atoms with Crippen molar-refractivity contribution in [3.63, 3.8) is 0 Å². The summed E-state index contributed by atoms with van der Waals surface area (Å²) >= 11 is 0. The third kappa shape index (κ3) is 4.05. The van der Waals surface area contributed by atoms with Gasteiger partial charge in [-0.15, -0.1) is 0 Å². The Labute approximate surface area is 146 Å². The van der Waals surface area contributed by atoms with Crippen LogP contribution in [0.3, 0.4) is 0 Å². The molecule has 1 atom stereocenters. The standard InChI is InChI=1S/C15H19N3O4.Li/c19-14(11-1-6-22-10-11)18-4-2-17(3-5-18)13-7-12(15(20)21)8-16-9-13;/h7-9,11H,1-6,10H2,(H,20,21);/q;+1/p-1. The average molecular weight is 311 g/mol. The topological polar surface area (TPSA) is 85.8 Å². The number of piperazine rings is 1. The molecular weight excluding hydrogens is 293 g/mol. The average Bonchev–Trinajstić information content (AvgIpc) is 3.09. The fraction of sp³-hybridized carbons (Fsp3) is 0.533. The number of carbonyl (C=O) groups excluding carboxylic acids is 2. The van der Waals surface area contributed by atoms with Gasteiger partial charge in [0.25, 0.3) is 0 Å². The Hall–Kier alpha value is -1.55. The molecule has 1 unspecified atom stereocenters. The zero-order valence-corrected chi connectivity index (χ0v) is 13.2. The van der Waals surface area contributed by atoms with E-state index in [0.29, 0.717) is 39.4 Å². The van der Waals surface area contributed by atoms with Crippen molar-refractivity contribution in [1.29, 1.82) is 0 Å². The first-order valence-corrected chi connectivity index (χ1v) is 7.43. The summed E-state index contributed by atoms with van der Waals surface area (Å²) in [6.45, 7) is 3.78. The maximum absolute atomic E-state index is 12.3. The summed E-state index contributed by atoms with van der Waals surface area (Å²) in [5.41, 5.74) is 0.817. The number of hydrogen-bond acceptors (Lipinski definition) is 6. The number of nitrogens with zero attached hydrogens (tertiary/aromatic N) is 3. The van der Waals surface area contributed by atoms with Crippen LogP contribution in [0.4, 0.5) is 5.69 Å². The monoisotopic (exact) mass is 311 g/mol. The summed E-state index contributed by atoms with van der Waals surface area (Å²) in [5.74, 6) is -1.07. The van der Waals surface area contributed by atoms with Crippen molar-refractivity contribution in [3.05, 3.63) is 24.0 Å². The molecule has 2 fully saturated rings. The predicted octanol–water partition coefficient (Wildman–Crippen LogP) is -3.87. The van der Waals surface area contributed by atoms with Gasteiger partial charge in [-0.3, -0.25) is 9.78 Å². The van der Waals surface area contributed by atoms with E-state index in [1.807, 2.05) is 9.80 Å². The number of aromatic carboxylic acids is 1. The van der Waals surface area contributed by atoms with Gasteiger partial charge < -0.3 is 24.4 Å². The van der Waals surface area contributed by atoms with Crippen LogP contribution in [0.15, 0.2) is 18.5 Å². The van der Waals surface area contributed by atoms with Crippen LogP contribution >= 0.6 is 0 Å². The van der Waals surface area contributed by atoms with Gasteiger partial charge in [0.1, 0.15) is 0 Å². The molecule has 1 aromatic heterocycles. The number of carboxylic acid groups (broad SMARTS) is 1. The van der Waals surface area contributed by atoms with E-state index in [9.17, 15) is 14.7 Å². The minimum absolute atomic E-state index is 0. The van der Waals surface area contributed by atoms with Crippen molar-refractivity contribution in [1.82, 2.24) is 9.88 Å². The molecule has 8 heteroatoms. The Bertz CT molecular complexity index is 570. The molecule has 0 aromatic carbocycles. The normalized spacial score (nSPS) is 21.0. The van der Waals surface area contributed by atoms with Gasteiger partial charge in [0.15, 0.2) is 0 Å². The molecular formula is C15H18LiN3O4. The molecule has 0 N–H and O–H groups in total. The second-order valence-electron chi connectivity index (χ2n) is 5.59. The Morgan fingerprint density at radius 1 is 1.22 bits per heavy atom. The largest absolute Gasteiger partial charge is 1.00 e. The third-order valence-electron chi connectivity index (χ3n) is 4.19. The van der Waals surface area contributed by atoms with Crippen molar-refractivity contribution in [3.8, 4) is 0 Å². The molecule has 3 heterocycles. The van der Waals surface area contributed by atoms with Crippen LogP contribution in [-0.2, 0) is 9.53 Å². The molecule has 118 valence electrons. The molecule has 0 radical (unpaired) electrons. The van der Waals surface area contributed by atoms with E-state index in [-0.39, 0.29) is 36.2 Å². The van der Waals surface area contributed by atoms with Crippen LogP contribution in [0.25, 0.3) is 0 Å². The van der Waals surface area contributed by atoms with Crippen LogP contribution < -0.4 is 28.9 Å². The van der Waals surface area contributed by atoms with Crippen molar-refractivity contribution in [2.75, 3.05) is 44.3 Å². The summed E-state index contributed by atoms with van der Waals surface area (Å²) in [6.07, 6.45) is 3.71. The molecule has 7 nitrogen and oxygen atoms in total. The zero-order chi connectivity index (χ0) is 15.5. The number of pyridine rings is 1.